The van der Waals surface area contributed by atoms with E-state index in [1.165, 1.54) is 55.0 Å². The van der Waals surface area contributed by atoms with Gasteiger partial charge in [0.1, 0.15) is 0 Å². The van der Waals surface area contributed by atoms with E-state index in [1.807, 2.05) is 0 Å². The number of benzene rings is 1. The lowest BCUT2D eigenvalue weighted by Crippen LogP contribution is -2.38. The van der Waals surface area contributed by atoms with Crippen LogP contribution in [0, 0.1) is 0 Å². The summed E-state index contributed by atoms with van der Waals surface area (Å²) >= 11 is 0. The van der Waals surface area contributed by atoms with Crippen molar-refractivity contribution in [2.75, 3.05) is 0 Å². The van der Waals surface area contributed by atoms with Gasteiger partial charge in [0.15, 0.2) is 0 Å². The van der Waals surface area contributed by atoms with Crippen molar-refractivity contribution < 1.29 is 0 Å². The van der Waals surface area contributed by atoms with Crippen LogP contribution in [0.4, 0.5) is 0 Å². The zero-order valence-electron chi connectivity index (χ0n) is 11.4. The van der Waals surface area contributed by atoms with Crippen molar-refractivity contribution in [3.05, 3.63) is 36.0 Å². The minimum absolute atomic E-state index is 0.695. The van der Waals surface area contributed by atoms with Gasteiger partial charge in [0.25, 0.3) is 0 Å². The van der Waals surface area contributed by atoms with Gasteiger partial charge < -0.3 is 10.3 Å². The van der Waals surface area contributed by atoms with Crippen molar-refractivity contribution in [2.45, 2.75) is 56.5 Å². The largest absolute Gasteiger partial charge is 0.361 e. The molecule has 2 atom stereocenters. The summed E-state index contributed by atoms with van der Waals surface area (Å²) in [4.78, 5) is 3.45. The molecule has 0 spiro atoms. The normalized spacial score (nSPS) is 27.8. The molecule has 2 aliphatic carbocycles. The van der Waals surface area contributed by atoms with E-state index in [0.717, 1.165) is 6.04 Å². The molecular formula is C17H22N2. The molecule has 19 heavy (non-hydrogen) atoms. The highest BCUT2D eigenvalue weighted by Gasteiger charge is 2.32. The highest BCUT2D eigenvalue weighted by Crippen LogP contribution is 2.38. The first-order valence-corrected chi connectivity index (χ1v) is 7.74. The third kappa shape index (κ3) is 2.18. The van der Waals surface area contributed by atoms with E-state index < -0.39 is 0 Å². The fourth-order valence-electron chi connectivity index (χ4n) is 3.66. The molecular weight excluding hydrogens is 232 g/mol. The smallest absolute Gasteiger partial charge is 0.0456 e. The van der Waals surface area contributed by atoms with Gasteiger partial charge in [0.05, 0.1) is 0 Å². The molecule has 2 N–H and O–H groups in total. The van der Waals surface area contributed by atoms with Crippen LogP contribution in [0.3, 0.4) is 0 Å². The Labute approximate surface area is 114 Å². The van der Waals surface area contributed by atoms with E-state index in [-0.39, 0.29) is 0 Å². The van der Waals surface area contributed by atoms with Crippen LogP contribution in [-0.2, 0) is 0 Å². The SMILES string of the molecule is c1ccc2c([C@H]3CCCC[C@H]3NC3CC3)c[nH]c2c1. The van der Waals surface area contributed by atoms with Gasteiger partial charge in [-0.2, -0.15) is 0 Å². The van der Waals surface area contributed by atoms with E-state index in [1.54, 1.807) is 0 Å². The maximum absolute atomic E-state index is 3.88. The second-order valence-corrected chi connectivity index (χ2v) is 6.23. The zero-order valence-corrected chi connectivity index (χ0v) is 11.4. The molecule has 0 unspecified atom stereocenters. The molecule has 2 fully saturated rings. The summed E-state index contributed by atoms with van der Waals surface area (Å²) in [5.41, 5.74) is 2.82. The van der Waals surface area contributed by atoms with Gasteiger partial charge in [-0.25, -0.2) is 0 Å². The molecule has 0 bridgehead atoms. The summed E-state index contributed by atoms with van der Waals surface area (Å²) in [6, 6.07) is 10.2. The maximum Gasteiger partial charge on any atom is 0.0456 e. The zero-order chi connectivity index (χ0) is 12.7. The molecule has 100 valence electrons. The van der Waals surface area contributed by atoms with Crippen LogP contribution in [0.15, 0.2) is 30.5 Å². The van der Waals surface area contributed by atoms with E-state index >= 15 is 0 Å². The third-order valence-electron chi connectivity index (χ3n) is 4.81. The number of hydrogen-bond acceptors (Lipinski definition) is 1. The molecule has 1 aromatic heterocycles. The number of rotatable bonds is 3. The molecule has 2 saturated carbocycles. The number of nitrogens with one attached hydrogen (secondary N) is 2. The van der Waals surface area contributed by atoms with Crippen LogP contribution >= 0.6 is 0 Å². The van der Waals surface area contributed by atoms with Gasteiger partial charge in [0, 0.05) is 35.1 Å². The number of aromatic amines is 1. The second kappa shape index (κ2) is 4.68. The third-order valence-corrected chi connectivity index (χ3v) is 4.81. The average Bonchev–Trinajstić information content (AvgIpc) is 3.17. The van der Waals surface area contributed by atoms with Crippen LogP contribution < -0.4 is 5.32 Å². The maximum atomic E-state index is 3.88. The molecule has 4 rings (SSSR count). The fraction of sp³-hybridized carbons (Fsp3) is 0.529. The predicted octanol–water partition coefficient (Wildman–Crippen LogP) is 3.95. The fourth-order valence-corrected chi connectivity index (χ4v) is 3.66. The standard InChI is InChI=1S/C17H22N2/c1-3-7-16-13(5-1)15(11-18-16)14-6-2-4-8-17(14)19-12-9-10-12/h1,3,5,7,11-12,14,17-19H,2,4,6,8-10H2/t14-,17-/m1/s1. The molecule has 1 aromatic carbocycles. The van der Waals surface area contributed by atoms with E-state index in [0.29, 0.717) is 12.0 Å². The quantitative estimate of drug-likeness (QED) is 0.853. The highest BCUT2D eigenvalue weighted by atomic mass is 15.0. The molecule has 2 heteroatoms. The van der Waals surface area contributed by atoms with E-state index in [9.17, 15) is 0 Å². The highest BCUT2D eigenvalue weighted by molar-refractivity contribution is 5.83. The van der Waals surface area contributed by atoms with Crippen LogP contribution in [0.25, 0.3) is 10.9 Å². The summed E-state index contributed by atoms with van der Waals surface area (Å²) < 4.78 is 0. The van der Waals surface area contributed by atoms with Crippen LogP contribution in [0.1, 0.15) is 50.0 Å². The Balaban J connectivity index is 1.67. The Morgan fingerprint density at radius 3 is 2.74 bits per heavy atom. The first kappa shape index (κ1) is 11.5. The van der Waals surface area contributed by atoms with Crippen molar-refractivity contribution >= 4 is 10.9 Å². The molecule has 2 aromatic rings. The molecule has 0 aliphatic heterocycles. The molecule has 0 amide bonds. The Bertz CT molecular complexity index is 567. The molecule has 0 radical (unpaired) electrons. The predicted molar refractivity (Wildman–Crippen MR) is 79.5 cm³/mol. The van der Waals surface area contributed by atoms with Gasteiger partial charge in [-0.1, -0.05) is 31.0 Å². The van der Waals surface area contributed by atoms with Gasteiger partial charge >= 0.3 is 0 Å². The summed E-state index contributed by atoms with van der Waals surface area (Å²) in [7, 11) is 0. The molecule has 2 aliphatic rings. The Morgan fingerprint density at radius 2 is 1.84 bits per heavy atom. The monoisotopic (exact) mass is 254 g/mol. The Morgan fingerprint density at radius 1 is 1.00 bits per heavy atom. The topological polar surface area (TPSA) is 27.8 Å². The number of aromatic nitrogens is 1. The average molecular weight is 254 g/mol. The number of H-pyrrole nitrogens is 1. The summed E-state index contributed by atoms with van der Waals surface area (Å²) in [5, 5.41) is 5.31. The van der Waals surface area contributed by atoms with E-state index in [2.05, 4.69) is 40.8 Å². The molecule has 1 heterocycles. The Kier molecular flexibility index (Phi) is 2.84. The lowest BCUT2D eigenvalue weighted by Gasteiger charge is -2.32. The minimum Gasteiger partial charge on any atom is -0.361 e. The minimum atomic E-state index is 0.695. The Hall–Kier alpha value is -1.28. The summed E-state index contributed by atoms with van der Waals surface area (Å²) in [6.07, 6.45) is 10.5. The number of para-hydroxylation sites is 1. The van der Waals surface area contributed by atoms with Crippen LogP contribution in [0.5, 0.6) is 0 Å². The van der Waals surface area contributed by atoms with Crippen LogP contribution in [0.2, 0.25) is 0 Å². The van der Waals surface area contributed by atoms with Gasteiger partial charge in [-0.05, 0) is 37.3 Å². The van der Waals surface area contributed by atoms with E-state index in [4.69, 9.17) is 0 Å². The lowest BCUT2D eigenvalue weighted by atomic mass is 9.80. The first-order valence-electron chi connectivity index (χ1n) is 7.74. The number of hydrogen-bond donors (Lipinski definition) is 2. The lowest BCUT2D eigenvalue weighted by molar-refractivity contribution is 0.327. The second-order valence-electron chi connectivity index (χ2n) is 6.23. The van der Waals surface area contributed by atoms with Gasteiger partial charge in [-0.15, -0.1) is 0 Å². The van der Waals surface area contributed by atoms with Crippen molar-refractivity contribution in [2.24, 2.45) is 0 Å². The van der Waals surface area contributed by atoms with Crippen molar-refractivity contribution in [1.29, 1.82) is 0 Å². The molecule has 0 saturated heterocycles. The van der Waals surface area contributed by atoms with Gasteiger partial charge in [0.2, 0.25) is 0 Å². The van der Waals surface area contributed by atoms with Crippen LogP contribution in [-0.4, -0.2) is 17.1 Å². The van der Waals surface area contributed by atoms with Gasteiger partial charge in [-0.3, -0.25) is 0 Å². The van der Waals surface area contributed by atoms with Crippen molar-refractivity contribution in [3.8, 4) is 0 Å². The summed E-state index contributed by atoms with van der Waals surface area (Å²) in [6.45, 7) is 0. The number of fused-ring (bicyclic) bond motifs is 1. The first-order chi connectivity index (χ1) is 9.42. The van der Waals surface area contributed by atoms with Crippen molar-refractivity contribution in [3.63, 3.8) is 0 Å². The summed E-state index contributed by atoms with van der Waals surface area (Å²) in [5.74, 6) is 0.700. The van der Waals surface area contributed by atoms with Crippen molar-refractivity contribution in [1.82, 2.24) is 10.3 Å². The molecule has 2 nitrogen and oxygen atoms in total.